The normalized spacial score (nSPS) is 18.9. The minimum absolute atomic E-state index is 0.00483. The maximum absolute atomic E-state index is 14.8. The fourth-order valence-corrected chi connectivity index (χ4v) is 5.58. The zero-order chi connectivity index (χ0) is 33.2. The molecule has 2 aromatic heterocycles. The molecule has 3 heterocycles. The van der Waals surface area contributed by atoms with E-state index in [1.54, 1.807) is 10.9 Å². The number of alkyl halides is 3. The Balaban J connectivity index is 1.41. The van der Waals surface area contributed by atoms with Gasteiger partial charge in [-0.15, -0.1) is 0 Å². The second-order valence-electron chi connectivity index (χ2n) is 11.6. The lowest BCUT2D eigenvalue weighted by Crippen LogP contribution is -2.51. The lowest BCUT2D eigenvalue weighted by molar-refractivity contribution is -0.265. The molecular formula is C31H29ClF3N5O6. The van der Waals surface area contributed by atoms with Crippen molar-refractivity contribution in [2.75, 3.05) is 27.4 Å². The molecule has 2 amide bonds. The number of rotatable bonds is 9. The van der Waals surface area contributed by atoms with E-state index in [1.165, 1.54) is 51.5 Å². The Morgan fingerprint density at radius 1 is 1.17 bits per heavy atom. The molecule has 0 radical (unpaired) electrons. The largest absolute Gasteiger partial charge is 0.495 e. The topological polar surface area (TPSA) is 151 Å². The summed E-state index contributed by atoms with van der Waals surface area (Å²) in [5.41, 5.74) is 0.107. The van der Waals surface area contributed by atoms with Crippen LogP contribution >= 0.6 is 11.6 Å². The Bertz CT molecular complexity index is 1890. The predicted octanol–water partition coefficient (Wildman–Crippen LogP) is 4.42. The minimum atomic E-state index is -5.34. The Morgan fingerprint density at radius 2 is 1.89 bits per heavy atom. The van der Waals surface area contributed by atoms with Gasteiger partial charge in [0.25, 0.3) is 5.91 Å². The van der Waals surface area contributed by atoms with E-state index >= 15 is 0 Å². The van der Waals surface area contributed by atoms with Gasteiger partial charge in [-0.25, -0.2) is 4.98 Å². The Labute approximate surface area is 265 Å². The number of benzene rings is 2. The van der Waals surface area contributed by atoms with E-state index in [1.807, 2.05) is 0 Å². The number of nitrogens with zero attached hydrogens (tertiary/aromatic N) is 3. The van der Waals surface area contributed by atoms with Gasteiger partial charge in [0.05, 0.1) is 37.5 Å². The van der Waals surface area contributed by atoms with Crippen molar-refractivity contribution in [1.82, 2.24) is 20.1 Å². The van der Waals surface area contributed by atoms with Gasteiger partial charge in [0.1, 0.15) is 40.5 Å². The van der Waals surface area contributed by atoms with Gasteiger partial charge in [-0.1, -0.05) is 17.7 Å². The van der Waals surface area contributed by atoms with E-state index in [0.717, 1.165) is 18.9 Å². The van der Waals surface area contributed by atoms with Crippen LogP contribution in [0.25, 0.3) is 22.2 Å². The first kappa shape index (κ1) is 31.4. The van der Waals surface area contributed by atoms with Crippen LogP contribution in [0.1, 0.15) is 47.4 Å². The first-order chi connectivity index (χ1) is 21.7. The van der Waals surface area contributed by atoms with Crippen LogP contribution in [0.4, 0.5) is 13.2 Å². The number of pyridine rings is 1. The highest BCUT2D eigenvalue weighted by Crippen LogP contribution is 2.48. The van der Waals surface area contributed by atoms with Crippen molar-refractivity contribution >= 4 is 34.3 Å². The van der Waals surface area contributed by atoms with Gasteiger partial charge in [-0.2, -0.15) is 18.3 Å². The minimum Gasteiger partial charge on any atom is -0.495 e. The SMILES string of the molecule is COc1cc(-c2nc([C@@](O)(CNC(=O)c3cc(OC)c4nn(C5CC5)cc4c3)C(F)(F)F)cc3c2OC[C@]3(C)C(N)=O)ccc1Cl. The number of hydrogen-bond donors (Lipinski definition) is 3. The van der Waals surface area contributed by atoms with Crippen LogP contribution in [0.5, 0.6) is 17.2 Å². The number of aliphatic hydroxyl groups is 1. The lowest BCUT2D eigenvalue weighted by Gasteiger charge is -2.31. The third kappa shape index (κ3) is 5.14. The third-order valence-electron chi connectivity index (χ3n) is 8.43. The summed E-state index contributed by atoms with van der Waals surface area (Å²) in [6.07, 6.45) is -1.66. The fourth-order valence-electron chi connectivity index (χ4n) is 5.38. The van der Waals surface area contributed by atoms with Gasteiger partial charge in [-0.05, 0) is 50.1 Å². The average Bonchev–Trinajstić information content (AvgIpc) is 3.69. The second-order valence-corrected chi connectivity index (χ2v) is 12.0. The van der Waals surface area contributed by atoms with Crippen LogP contribution in [0.15, 0.2) is 42.6 Å². The number of fused-ring (bicyclic) bond motifs is 2. The lowest BCUT2D eigenvalue weighted by atomic mass is 9.81. The van der Waals surface area contributed by atoms with Gasteiger partial charge in [0.2, 0.25) is 11.5 Å². The number of hydrogen-bond acceptors (Lipinski definition) is 8. The van der Waals surface area contributed by atoms with Crippen molar-refractivity contribution in [3.05, 3.63) is 64.4 Å². The summed E-state index contributed by atoms with van der Waals surface area (Å²) in [5, 5.41) is 18.9. The fraction of sp³-hybridized carbons (Fsp3) is 0.355. The number of halogens is 4. The first-order valence-corrected chi connectivity index (χ1v) is 14.5. The highest BCUT2D eigenvalue weighted by molar-refractivity contribution is 6.32. The van der Waals surface area contributed by atoms with Crippen LogP contribution in [0, 0.1) is 0 Å². The molecular weight excluding hydrogens is 631 g/mol. The molecule has 2 aliphatic rings. The van der Waals surface area contributed by atoms with Crippen LogP contribution in [-0.2, 0) is 15.8 Å². The number of nitrogens with one attached hydrogen (secondary N) is 1. The van der Waals surface area contributed by atoms with Crippen molar-refractivity contribution in [2.24, 2.45) is 5.73 Å². The summed E-state index contributed by atoms with van der Waals surface area (Å²) in [7, 11) is 2.75. The molecule has 1 aliphatic carbocycles. The highest BCUT2D eigenvalue weighted by atomic mass is 35.5. The van der Waals surface area contributed by atoms with Crippen molar-refractivity contribution in [1.29, 1.82) is 0 Å². The van der Waals surface area contributed by atoms with Crippen molar-refractivity contribution in [2.45, 2.75) is 43.0 Å². The molecule has 0 bridgehead atoms. The zero-order valence-electron chi connectivity index (χ0n) is 24.9. The number of methoxy groups -OCH3 is 2. The molecule has 0 saturated heterocycles. The molecule has 242 valence electrons. The van der Waals surface area contributed by atoms with Gasteiger partial charge in [0, 0.05) is 28.3 Å². The monoisotopic (exact) mass is 659 g/mol. The smallest absolute Gasteiger partial charge is 0.424 e. The number of carbonyl (C=O) groups is 2. The van der Waals surface area contributed by atoms with Gasteiger partial charge < -0.3 is 30.4 Å². The van der Waals surface area contributed by atoms with Crippen molar-refractivity contribution in [3.8, 4) is 28.5 Å². The van der Waals surface area contributed by atoms with Crippen molar-refractivity contribution < 1.29 is 42.1 Å². The summed E-state index contributed by atoms with van der Waals surface area (Å²) >= 11 is 6.16. The van der Waals surface area contributed by atoms with E-state index in [-0.39, 0.29) is 57.3 Å². The quantitative estimate of drug-likeness (QED) is 0.239. The van der Waals surface area contributed by atoms with Gasteiger partial charge in [-0.3, -0.25) is 14.3 Å². The van der Waals surface area contributed by atoms with Crippen LogP contribution in [0.2, 0.25) is 5.02 Å². The summed E-state index contributed by atoms with van der Waals surface area (Å²) in [5.74, 6) is -1.29. The van der Waals surface area contributed by atoms with E-state index in [4.69, 9.17) is 31.5 Å². The molecule has 0 unspecified atom stereocenters. The Hall–Kier alpha value is -4.56. The van der Waals surface area contributed by atoms with E-state index in [2.05, 4.69) is 15.4 Å². The molecule has 0 spiro atoms. The molecule has 2 aromatic carbocycles. The molecule has 11 nitrogen and oxygen atoms in total. The molecule has 6 rings (SSSR count). The number of carbonyl (C=O) groups excluding carboxylic acids is 2. The number of ether oxygens (including phenoxy) is 3. The average molecular weight is 660 g/mol. The summed E-state index contributed by atoms with van der Waals surface area (Å²) < 4.78 is 62.7. The molecule has 15 heteroatoms. The Morgan fingerprint density at radius 3 is 2.52 bits per heavy atom. The Kier molecular flexibility index (Phi) is 7.55. The molecule has 46 heavy (non-hydrogen) atoms. The molecule has 1 aliphatic heterocycles. The van der Waals surface area contributed by atoms with Crippen LogP contribution in [-0.4, -0.2) is 65.2 Å². The number of nitrogens with two attached hydrogens (primary N) is 1. The van der Waals surface area contributed by atoms with Gasteiger partial charge in [0.15, 0.2) is 0 Å². The standard InChI is InChI=1S/C31H29ClF3N5O6/c1-29(28(36)42)14-46-26-19(29)11-23(38-25(26)15-4-7-20(32)21(9-15)44-2)30(43,31(33,34)35)13-37-27(41)16-8-17-12-40(18-5-6-18)39-24(17)22(10-16)45-3/h4,7-12,18,43H,5-6,13-14H2,1-3H3,(H2,36,42)(H,37,41)/t29-,30-/m0/s1. The summed E-state index contributed by atoms with van der Waals surface area (Å²) in [4.78, 5) is 30.0. The van der Waals surface area contributed by atoms with E-state index in [0.29, 0.717) is 10.9 Å². The predicted molar refractivity (Wildman–Crippen MR) is 160 cm³/mol. The summed E-state index contributed by atoms with van der Waals surface area (Å²) in [6, 6.07) is 8.39. The van der Waals surface area contributed by atoms with Gasteiger partial charge >= 0.3 is 6.18 Å². The maximum atomic E-state index is 14.8. The number of amides is 2. The molecule has 4 N–H and O–H groups in total. The molecule has 4 aromatic rings. The van der Waals surface area contributed by atoms with E-state index < -0.39 is 41.2 Å². The molecule has 1 saturated carbocycles. The number of primary amides is 1. The van der Waals surface area contributed by atoms with Crippen LogP contribution < -0.4 is 25.3 Å². The third-order valence-corrected chi connectivity index (χ3v) is 8.75. The first-order valence-electron chi connectivity index (χ1n) is 14.2. The van der Waals surface area contributed by atoms with E-state index in [9.17, 15) is 27.9 Å². The second kappa shape index (κ2) is 11.1. The molecule has 2 atom stereocenters. The van der Waals surface area contributed by atoms with Crippen molar-refractivity contribution in [3.63, 3.8) is 0 Å². The maximum Gasteiger partial charge on any atom is 0.424 e. The van der Waals surface area contributed by atoms with Crippen LogP contribution in [0.3, 0.4) is 0 Å². The summed E-state index contributed by atoms with van der Waals surface area (Å²) in [6.45, 7) is -0.176. The molecule has 1 fully saturated rings. The highest BCUT2D eigenvalue weighted by Gasteiger charge is 2.57. The number of aromatic nitrogens is 3. The zero-order valence-corrected chi connectivity index (χ0v) is 25.6.